The molecule has 1 N–H and O–H groups in total. The number of hydrogen-bond acceptors (Lipinski definition) is 3. The zero-order valence-corrected chi connectivity index (χ0v) is 13.2. The second-order valence-corrected chi connectivity index (χ2v) is 7.99. The molecular weight excluding hydrogens is 270 g/mol. The van der Waals surface area contributed by atoms with E-state index in [-0.39, 0.29) is 6.04 Å². The van der Waals surface area contributed by atoms with Crippen molar-refractivity contribution in [1.29, 1.82) is 0 Å². The van der Waals surface area contributed by atoms with Gasteiger partial charge in [-0.2, -0.15) is 0 Å². The molecule has 0 aliphatic heterocycles. The molecule has 0 aromatic heterocycles. The largest absolute Gasteiger partial charge is 0.310 e. The summed E-state index contributed by atoms with van der Waals surface area (Å²) >= 11 is 0. The van der Waals surface area contributed by atoms with Gasteiger partial charge >= 0.3 is 0 Å². The maximum atomic E-state index is 11.4. The fourth-order valence-electron chi connectivity index (χ4n) is 2.86. The Morgan fingerprint density at radius 2 is 1.75 bits per heavy atom. The van der Waals surface area contributed by atoms with E-state index >= 15 is 0 Å². The molecule has 1 unspecified atom stereocenters. The number of hydrogen-bond donors (Lipinski definition) is 1. The van der Waals surface area contributed by atoms with E-state index in [1.165, 1.54) is 38.4 Å². The number of rotatable bonds is 5. The number of benzene rings is 1. The van der Waals surface area contributed by atoms with Gasteiger partial charge in [0, 0.05) is 12.3 Å². The molecule has 0 spiro atoms. The monoisotopic (exact) mass is 295 g/mol. The van der Waals surface area contributed by atoms with Gasteiger partial charge in [-0.1, -0.05) is 31.4 Å². The Morgan fingerprint density at radius 1 is 1.15 bits per heavy atom. The molecule has 2 rings (SSSR count). The van der Waals surface area contributed by atoms with Crippen molar-refractivity contribution in [3.05, 3.63) is 29.8 Å². The van der Waals surface area contributed by atoms with E-state index in [4.69, 9.17) is 0 Å². The highest BCUT2D eigenvalue weighted by Gasteiger charge is 2.15. The van der Waals surface area contributed by atoms with Gasteiger partial charge in [0.25, 0.3) is 0 Å². The van der Waals surface area contributed by atoms with E-state index < -0.39 is 9.84 Å². The van der Waals surface area contributed by atoms with Crippen molar-refractivity contribution in [2.75, 3.05) is 12.8 Å². The summed E-state index contributed by atoms with van der Waals surface area (Å²) in [4.78, 5) is 0.390. The van der Waals surface area contributed by atoms with Gasteiger partial charge in [-0.25, -0.2) is 8.42 Å². The lowest BCUT2D eigenvalue weighted by Gasteiger charge is -2.24. The lowest BCUT2D eigenvalue weighted by molar-refractivity contribution is 0.331. The fourth-order valence-corrected chi connectivity index (χ4v) is 3.49. The van der Waals surface area contributed by atoms with Crippen molar-refractivity contribution in [3.8, 4) is 0 Å². The number of nitrogens with one attached hydrogen (secondary N) is 1. The Morgan fingerprint density at radius 3 is 2.30 bits per heavy atom. The SMILES string of the molecule is CC(NCC1CCCCC1)c1ccc(S(C)(=O)=O)cc1. The van der Waals surface area contributed by atoms with Crippen LogP contribution in [0.3, 0.4) is 0 Å². The van der Waals surface area contributed by atoms with Crippen LogP contribution in [0, 0.1) is 5.92 Å². The van der Waals surface area contributed by atoms with Crippen LogP contribution >= 0.6 is 0 Å². The smallest absolute Gasteiger partial charge is 0.175 e. The average molecular weight is 295 g/mol. The first-order valence-electron chi connectivity index (χ1n) is 7.50. The molecule has 1 atom stereocenters. The van der Waals surface area contributed by atoms with Crippen LogP contribution in [0.2, 0.25) is 0 Å². The highest BCUT2D eigenvalue weighted by molar-refractivity contribution is 7.90. The number of sulfone groups is 1. The van der Waals surface area contributed by atoms with Crippen LogP contribution in [0.15, 0.2) is 29.2 Å². The minimum Gasteiger partial charge on any atom is -0.310 e. The standard InChI is InChI=1S/C16H25NO2S/c1-13(17-12-14-6-4-3-5-7-14)15-8-10-16(11-9-15)20(2,18)19/h8-11,13-14,17H,3-7,12H2,1-2H3. The Kier molecular flexibility index (Phi) is 5.22. The molecule has 0 radical (unpaired) electrons. The third-order valence-electron chi connectivity index (χ3n) is 4.25. The van der Waals surface area contributed by atoms with Gasteiger partial charge in [0.15, 0.2) is 9.84 Å². The molecule has 0 saturated heterocycles. The van der Waals surface area contributed by atoms with E-state index in [2.05, 4.69) is 12.2 Å². The molecule has 1 aromatic rings. The zero-order chi connectivity index (χ0) is 14.6. The van der Waals surface area contributed by atoms with Crippen molar-refractivity contribution < 1.29 is 8.42 Å². The van der Waals surface area contributed by atoms with Gasteiger partial charge in [-0.05, 0) is 49.9 Å². The summed E-state index contributed by atoms with van der Waals surface area (Å²) in [6, 6.07) is 7.49. The molecular formula is C16H25NO2S. The third-order valence-corrected chi connectivity index (χ3v) is 5.37. The fraction of sp³-hybridized carbons (Fsp3) is 0.625. The topological polar surface area (TPSA) is 46.2 Å². The molecule has 0 amide bonds. The van der Waals surface area contributed by atoms with Crippen LogP contribution in [0.4, 0.5) is 0 Å². The Labute approximate surface area is 122 Å². The predicted molar refractivity (Wildman–Crippen MR) is 82.5 cm³/mol. The molecule has 112 valence electrons. The molecule has 1 aliphatic rings. The predicted octanol–water partition coefficient (Wildman–Crippen LogP) is 3.32. The highest BCUT2D eigenvalue weighted by Crippen LogP contribution is 2.24. The summed E-state index contributed by atoms with van der Waals surface area (Å²) in [7, 11) is -3.10. The van der Waals surface area contributed by atoms with Crippen molar-refractivity contribution in [2.45, 2.75) is 50.0 Å². The van der Waals surface area contributed by atoms with Crippen molar-refractivity contribution in [2.24, 2.45) is 5.92 Å². The Hall–Kier alpha value is -0.870. The van der Waals surface area contributed by atoms with Crippen LogP contribution in [-0.2, 0) is 9.84 Å². The van der Waals surface area contributed by atoms with E-state index in [1.54, 1.807) is 12.1 Å². The molecule has 20 heavy (non-hydrogen) atoms. The highest BCUT2D eigenvalue weighted by atomic mass is 32.2. The van der Waals surface area contributed by atoms with Gasteiger partial charge in [0.05, 0.1) is 4.90 Å². The molecule has 0 bridgehead atoms. The quantitative estimate of drug-likeness (QED) is 0.906. The van der Waals surface area contributed by atoms with Gasteiger partial charge < -0.3 is 5.32 Å². The molecule has 1 saturated carbocycles. The van der Waals surface area contributed by atoms with Gasteiger partial charge in [0.1, 0.15) is 0 Å². The normalized spacial score (nSPS) is 18.9. The lowest BCUT2D eigenvalue weighted by atomic mass is 9.89. The minimum atomic E-state index is -3.10. The van der Waals surface area contributed by atoms with Crippen molar-refractivity contribution in [1.82, 2.24) is 5.32 Å². The van der Waals surface area contributed by atoms with Crippen molar-refractivity contribution >= 4 is 9.84 Å². The van der Waals surface area contributed by atoms with Gasteiger partial charge in [0.2, 0.25) is 0 Å². The first-order valence-corrected chi connectivity index (χ1v) is 9.39. The van der Waals surface area contributed by atoms with E-state index in [1.807, 2.05) is 12.1 Å². The summed E-state index contributed by atoms with van der Waals surface area (Å²) in [5.41, 5.74) is 1.15. The summed E-state index contributed by atoms with van der Waals surface area (Å²) in [5, 5.41) is 3.58. The molecule has 1 aliphatic carbocycles. The molecule has 1 aromatic carbocycles. The van der Waals surface area contributed by atoms with E-state index in [0.717, 1.165) is 18.0 Å². The van der Waals surface area contributed by atoms with Crippen molar-refractivity contribution in [3.63, 3.8) is 0 Å². The van der Waals surface area contributed by atoms with Crippen LogP contribution in [0.1, 0.15) is 50.6 Å². The molecule has 0 heterocycles. The molecule has 3 nitrogen and oxygen atoms in total. The van der Waals surface area contributed by atoms with E-state index in [0.29, 0.717) is 4.90 Å². The van der Waals surface area contributed by atoms with E-state index in [9.17, 15) is 8.42 Å². The average Bonchev–Trinajstić information content (AvgIpc) is 2.45. The molecule has 1 fully saturated rings. The van der Waals surface area contributed by atoms with Gasteiger partial charge in [-0.3, -0.25) is 0 Å². The zero-order valence-electron chi connectivity index (χ0n) is 12.4. The Bertz CT molecular complexity index is 516. The first-order chi connectivity index (χ1) is 9.47. The van der Waals surface area contributed by atoms with Crippen LogP contribution in [0.25, 0.3) is 0 Å². The summed E-state index contributed by atoms with van der Waals surface area (Å²) in [6.07, 6.45) is 8.04. The summed E-state index contributed by atoms with van der Waals surface area (Å²) < 4.78 is 22.9. The molecule has 4 heteroatoms. The second kappa shape index (κ2) is 6.72. The minimum absolute atomic E-state index is 0.269. The second-order valence-electron chi connectivity index (χ2n) is 5.98. The van der Waals surface area contributed by atoms with Crippen LogP contribution in [0.5, 0.6) is 0 Å². The maximum absolute atomic E-state index is 11.4. The lowest BCUT2D eigenvalue weighted by Crippen LogP contribution is -2.27. The Balaban J connectivity index is 1.90. The summed E-state index contributed by atoms with van der Waals surface area (Å²) in [5.74, 6) is 0.807. The maximum Gasteiger partial charge on any atom is 0.175 e. The first kappa shape index (κ1) is 15.5. The third kappa shape index (κ3) is 4.32. The van der Waals surface area contributed by atoms with Crippen LogP contribution in [-0.4, -0.2) is 21.2 Å². The summed E-state index contributed by atoms with van der Waals surface area (Å²) in [6.45, 7) is 3.20. The van der Waals surface area contributed by atoms with Gasteiger partial charge in [-0.15, -0.1) is 0 Å². The van der Waals surface area contributed by atoms with Crippen LogP contribution < -0.4 is 5.32 Å².